The SMILES string of the molecule is CCCCOCCCNC(=O)CCCCO. The second kappa shape index (κ2) is 12.5. The van der Waals surface area contributed by atoms with Crippen molar-refractivity contribution in [1.29, 1.82) is 0 Å². The highest BCUT2D eigenvalue weighted by Gasteiger charge is 1.99. The van der Waals surface area contributed by atoms with Crippen molar-refractivity contribution in [2.45, 2.75) is 45.4 Å². The second-order valence-corrected chi connectivity index (χ2v) is 3.85. The fourth-order valence-corrected chi connectivity index (χ4v) is 1.24. The molecule has 0 saturated heterocycles. The molecule has 0 heterocycles. The molecule has 0 radical (unpaired) electrons. The highest BCUT2D eigenvalue weighted by atomic mass is 16.5. The number of rotatable bonds is 11. The summed E-state index contributed by atoms with van der Waals surface area (Å²) in [7, 11) is 0. The predicted molar refractivity (Wildman–Crippen MR) is 64.3 cm³/mol. The van der Waals surface area contributed by atoms with Crippen molar-refractivity contribution in [3.05, 3.63) is 0 Å². The fraction of sp³-hybridized carbons (Fsp3) is 0.917. The number of carbonyl (C=O) groups is 1. The van der Waals surface area contributed by atoms with E-state index in [-0.39, 0.29) is 12.5 Å². The molecule has 0 saturated carbocycles. The van der Waals surface area contributed by atoms with Gasteiger partial charge in [-0.1, -0.05) is 13.3 Å². The molecule has 0 aliphatic carbocycles. The average Bonchev–Trinajstić information content (AvgIpc) is 2.28. The van der Waals surface area contributed by atoms with Gasteiger partial charge in [-0.2, -0.15) is 0 Å². The molecular weight excluding hydrogens is 206 g/mol. The highest BCUT2D eigenvalue weighted by Crippen LogP contribution is 1.94. The van der Waals surface area contributed by atoms with Gasteiger partial charge >= 0.3 is 0 Å². The van der Waals surface area contributed by atoms with E-state index in [0.29, 0.717) is 19.4 Å². The van der Waals surface area contributed by atoms with E-state index in [1.165, 1.54) is 0 Å². The van der Waals surface area contributed by atoms with Gasteiger partial charge in [-0.25, -0.2) is 0 Å². The van der Waals surface area contributed by atoms with E-state index in [1.807, 2.05) is 0 Å². The molecule has 0 aliphatic heterocycles. The third-order valence-electron chi connectivity index (χ3n) is 2.24. The van der Waals surface area contributed by atoms with Gasteiger partial charge in [-0.3, -0.25) is 4.79 Å². The van der Waals surface area contributed by atoms with Crippen LogP contribution in [0.25, 0.3) is 0 Å². The first-order valence-corrected chi connectivity index (χ1v) is 6.26. The number of aliphatic hydroxyl groups excluding tert-OH is 1. The Morgan fingerprint density at radius 1 is 1.19 bits per heavy atom. The molecule has 4 nitrogen and oxygen atoms in total. The van der Waals surface area contributed by atoms with Gasteiger partial charge in [0.15, 0.2) is 0 Å². The van der Waals surface area contributed by atoms with Crippen molar-refractivity contribution in [3.8, 4) is 0 Å². The van der Waals surface area contributed by atoms with Crippen LogP contribution in [0.4, 0.5) is 0 Å². The predicted octanol–water partition coefficient (Wildman–Crippen LogP) is 1.47. The van der Waals surface area contributed by atoms with Crippen molar-refractivity contribution in [2.75, 3.05) is 26.4 Å². The Kier molecular flexibility index (Phi) is 12.0. The van der Waals surface area contributed by atoms with Crippen LogP contribution in [-0.4, -0.2) is 37.4 Å². The molecule has 0 aromatic heterocycles. The Morgan fingerprint density at radius 3 is 2.62 bits per heavy atom. The highest BCUT2D eigenvalue weighted by molar-refractivity contribution is 5.75. The van der Waals surface area contributed by atoms with Gasteiger partial charge in [-0.05, 0) is 25.7 Å². The minimum atomic E-state index is 0.0713. The molecule has 1 amide bonds. The van der Waals surface area contributed by atoms with Crippen LogP contribution < -0.4 is 5.32 Å². The Balaban J connectivity index is 3.09. The zero-order valence-electron chi connectivity index (χ0n) is 10.3. The van der Waals surface area contributed by atoms with Gasteiger partial charge in [0, 0.05) is 32.8 Å². The van der Waals surface area contributed by atoms with Crippen LogP contribution in [0.3, 0.4) is 0 Å². The maximum absolute atomic E-state index is 11.2. The van der Waals surface area contributed by atoms with E-state index < -0.39 is 0 Å². The molecule has 16 heavy (non-hydrogen) atoms. The molecule has 0 bridgehead atoms. The summed E-state index contributed by atoms with van der Waals surface area (Å²) >= 11 is 0. The van der Waals surface area contributed by atoms with Crippen molar-refractivity contribution in [3.63, 3.8) is 0 Å². The van der Waals surface area contributed by atoms with Crippen molar-refractivity contribution < 1.29 is 14.6 Å². The number of ether oxygens (including phenoxy) is 1. The van der Waals surface area contributed by atoms with Crippen LogP contribution in [0.1, 0.15) is 45.4 Å². The van der Waals surface area contributed by atoms with E-state index >= 15 is 0 Å². The van der Waals surface area contributed by atoms with E-state index in [2.05, 4.69) is 12.2 Å². The molecule has 0 atom stereocenters. The first-order chi connectivity index (χ1) is 7.81. The monoisotopic (exact) mass is 231 g/mol. The van der Waals surface area contributed by atoms with E-state index in [4.69, 9.17) is 9.84 Å². The molecule has 0 fully saturated rings. The fourth-order valence-electron chi connectivity index (χ4n) is 1.24. The Morgan fingerprint density at radius 2 is 1.94 bits per heavy atom. The summed E-state index contributed by atoms with van der Waals surface area (Å²) in [5.41, 5.74) is 0. The number of hydrogen-bond acceptors (Lipinski definition) is 3. The second-order valence-electron chi connectivity index (χ2n) is 3.85. The largest absolute Gasteiger partial charge is 0.396 e. The summed E-state index contributed by atoms with van der Waals surface area (Å²) in [4.78, 5) is 11.2. The third-order valence-corrected chi connectivity index (χ3v) is 2.24. The lowest BCUT2D eigenvalue weighted by molar-refractivity contribution is -0.121. The lowest BCUT2D eigenvalue weighted by atomic mass is 10.2. The Labute approximate surface area is 98.4 Å². The van der Waals surface area contributed by atoms with Crippen LogP contribution in [0.5, 0.6) is 0 Å². The quantitative estimate of drug-likeness (QED) is 0.529. The number of amides is 1. The molecule has 0 aliphatic rings. The number of unbranched alkanes of at least 4 members (excludes halogenated alkanes) is 2. The maximum Gasteiger partial charge on any atom is 0.219 e. The zero-order valence-corrected chi connectivity index (χ0v) is 10.3. The van der Waals surface area contributed by atoms with Crippen LogP contribution in [-0.2, 0) is 9.53 Å². The summed E-state index contributed by atoms with van der Waals surface area (Å²) in [6.07, 6.45) is 5.10. The van der Waals surface area contributed by atoms with Crippen molar-refractivity contribution >= 4 is 5.91 Å². The minimum Gasteiger partial charge on any atom is -0.396 e. The van der Waals surface area contributed by atoms with Gasteiger partial charge in [0.2, 0.25) is 5.91 Å². The van der Waals surface area contributed by atoms with E-state index in [9.17, 15) is 4.79 Å². The van der Waals surface area contributed by atoms with Crippen LogP contribution in [0.2, 0.25) is 0 Å². The summed E-state index contributed by atoms with van der Waals surface area (Å²) in [5, 5.41) is 11.4. The number of nitrogens with one attached hydrogen (secondary N) is 1. The Hall–Kier alpha value is -0.610. The molecule has 0 aromatic rings. The molecule has 96 valence electrons. The molecule has 2 N–H and O–H groups in total. The summed E-state index contributed by atoms with van der Waals surface area (Å²) < 4.78 is 5.37. The van der Waals surface area contributed by atoms with E-state index in [0.717, 1.165) is 38.9 Å². The lowest BCUT2D eigenvalue weighted by Gasteiger charge is -2.05. The number of hydrogen-bond donors (Lipinski definition) is 2. The first-order valence-electron chi connectivity index (χ1n) is 6.26. The standard InChI is InChI=1S/C12H25NO3/c1-2-3-10-16-11-6-8-13-12(15)7-4-5-9-14/h14H,2-11H2,1H3,(H,13,15). The van der Waals surface area contributed by atoms with E-state index in [1.54, 1.807) is 0 Å². The molecule has 0 unspecified atom stereocenters. The van der Waals surface area contributed by atoms with Gasteiger partial charge < -0.3 is 15.2 Å². The summed E-state index contributed by atoms with van der Waals surface area (Å²) in [6, 6.07) is 0. The van der Waals surface area contributed by atoms with Crippen molar-refractivity contribution in [2.24, 2.45) is 0 Å². The third kappa shape index (κ3) is 11.5. The van der Waals surface area contributed by atoms with Gasteiger partial charge in [-0.15, -0.1) is 0 Å². The zero-order chi connectivity index (χ0) is 12.1. The first kappa shape index (κ1) is 15.4. The summed E-state index contributed by atoms with van der Waals surface area (Å²) in [5.74, 6) is 0.0713. The normalized spacial score (nSPS) is 10.4. The van der Waals surface area contributed by atoms with Crippen LogP contribution in [0, 0.1) is 0 Å². The van der Waals surface area contributed by atoms with Crippen LogP contribution in [0.15, 0.2) is 0 Å². The molecule has 0 spiro atoms. The minimum absolute atomic E-state index is 0.0713. The molecule has 0 aromatic carbocycles. The summed E-state index contributed by atoms with van der Waals surface area (Å²) in [6.45, 7) is 4.52. The number of carbonyl (C=O) groups excluding carboxylic acids is 1. The van der Waals surface area contributed by atoms with Gasteiger partial charge in [0.05, 0.1) is 0 Å². The van der Waals surface area contributed by atoms with Gasteiger partial charge in [0.1, 0.15) is 0 Å². The van der Waals surface area contributed by atoms with Crippen LogP contribution >= 0.6 is 0 Å². The Bertz CT molecular complexity index is 162. The molecular formula is C12H25NO3. The topological polar surface area (TPSA) is 58.6 Å². The molecule has 4 heteroatoms. The van der Waals surface area contributed by atoms with Gasteiger partial charge in [0.25, 0.3) is 0 Å². The van der Waals surface area contributed by atoms with Crippen molar-refractivity contribution in [1.82, 2.24) is 5.32 Å². The number of aliphatic hydroxyl groups is 1. The maximum atomic E-state index is 11.2. The smallest absolute Gasteiger partial charge is 0.219 e. The average molecular weight is 231 g/mol. The lowest BCUT2D eigenvalue weighted by Crippen LogP contribution is -2.25. The molecule has 0 rings (SSSR count).